The third-order valence-corrected chi connectivity index (χ3v) is 8.02. The van der Waals surface area contributed by atoms with Crippen molar-refractivity contribution in [2.24, 2.45) is 0 Å². The molecular formula is C18H24N3O2S2+. The molecule has 134 valence electrons. The molecule has 2 fully saturated rings. The van der Waals surface area contributed by atoms with Gasteiger partial charge in [0.15, 0.2) is 0 Å². The van der Waals surface area contributed by atoms with Crippen molar-refractivity contribution in [1.29, 1.82) is 0 Å². The molecule has 0 saturated carbocycles. The number of pyridine rings is 1. The van der Waals surface area contributed by atoms with Crippen LogP contribution in [0.5, 0.6) is 0 Å². The van der Waals surface area contributed by atoms with Crippen LogP contribution in [-0.2, 0) is 10.0 Å². The summed E-state index contributed by atoms with van der Waals surface area (Å²) in [6, 6.07) is 8.33. The highest BCUT2D eigenvalue weighted by Crippen LogP contribution is 2.36. The van der Waals surface area contributed by atoms with Crippen molar-refractivity contribution < 1.29 is 13.4 Å². The van der Waals surface area contributed by atoms with E-state index in [9.17, 15) is 8.42 Å². The van der Waals surface area contributed by atoms with E-state index in [4.69, 9.17) is 0 Å². The van der Waals surface area contributed by atoms with E-state index in [1.807, 2.05) is 6.07 Å². The molecule has 0 bridgehead atoms. The second kappa shape index (κ2) is 7.05. The minimum Gasteiger partial charge on any atom is -0.254 e. The third kappa shape index (κ3) is 3.32. The van der Waals surface area contributed by atoms with Crippen LogP contribution < -0.4 is 9.88 Å². The molecule has 0 aromatic carbocycles. The first-order valence-corrected chi connectivity index (χ1v) is 11.3. The zero-order valence-corrected chi connectivity index (χ0v) is 15.9. The molecule has 4 rings (SSSR count). The lowest BCUT2D eigenvalue weighted by molar-refractivity contribution is -0.367. The molecule has 1 N–H and O–H groups in total. The van der Waals surface area contributed by atoms with Crippen LogP contribution in [0.2, 0.25) is 0 Å². The molecule has 0 radical (unpaired) electrons. The van der Waals surface area contributed by atoms with Crippen molar-refractivity contribution in [2.75, 3.05) is 24.5 Å². The normalized spacial score (nSPS) is 22.4. The van der Waals surface area contributed by atoms with Gasteiger partial charge in [0.2, 0.25) is 10.0 Å². The lowest BCUT2D eigenvalue weighted by Gasteiger charge is -2.25. The lowest BCUT2D eigenvalue weighted by Crippen LogP contribution is -2.36. The lowest BCUT2D eigenvalue weighted by atomic mass is 10.2. The first-order chi connectivity index (χ1) is 12.2. The zero-order valence-electron chi connectivity index (χ0n) is 14.2. The molecule has 0 aliphatic carbocycles. The van der Waals surface area contributed by atoms with Gasteiger partial charge in [-0.15, -0.1) is 11.3 Å². The Hall–Kier alpha value is -1.44. The summed E-state index contributed by atoms with van der Waals surface area (Å²) < 4.78 is 27.1. The number of anilines is 1. The molecule has 25 heavy (non-hydrogen) atoms. The number of rotatable bonds is 4. The summed E-state index contributed by atoms with van der Waals surface area (Å²) in [5.41, 5.74) is 0. The van der Waals surface area contributed by atoms with Gasteiger partial charge >= 0.3 is 0 Å². The molecule has 0 unspecified atom stereocenters. The number of hydrogen-bond donors (Lipinski definition) is 0. The standard InChI is InChI=1S/C18H23N3O2S2/c22-25(23,20-10-2-1-3-11-20)15-8-9-18(19-14-15)21-12-4-6-16(21)17-7-5-13-24-17/h5,7-9,13-14,16H,1-4,6,10-12H2/p+1/t16-/m1/s1. The van der Waals surface area contributed by atoms with Crippen molar-refractivity contribution in [1.82, 2.24) is 4.31 Å². The van der Waals surface area contributed by atoms with Gasteiger partial charge in [0.05, 0.1) is 6.54 Å². The number of hydrogen-bond acceptors (Lipinski definition) is 4. The van der Waals surface area contributed by atoms with Gasteiger partial charge < -0.3 is 0 Å². The van der Waals surface area contributed by atoms with Crippen molar-refractivity contribution >= 4 is 27.2 Å². The van der Waals surface area contributed by atoms with Crippen LogP contribution in [0.4, 0.5) is 5.82 Å². The Labute approximate surface area is 153 Å². The minimum absolute atomic E-state index is 0.366. The molecule has 2 aliphatic rings. The van der Waals surface area contributed by atoms with Crippen LogP contribution in [0.25, 0.3) is 0 Å². The average Bonchev–Trinajstić information content (AvgIpc) is 3.34. The Kier molecular flexibility index (Phi) is 4.80. The summed E-state index contributed by atoms with van der Waals surface area (Å²) in [6.07, 6.45) is 6.99. The Morgan fingerprint density at radius 3 is 2.56 bits per heavy atom. The van der Waals surface area contributed by atoms with Gasteiger partial charge in [-0.25, -0.2) is 13.4 Å². The summed E-state index contributed by atoms with van der Waals surface area (Å²) in [6.45, 7) is 2.27. The summed E-state index contributed by atoms with van der Waals surface area (Å²) in [4.78, 5) is 7.33. The van der Waals surface area contributed by atoms with E-state index in [1.54, 1.807) is 27.9 Å². The second-order valence-corrected chi connectivity index (χ2v) is 9.66. The molecule has 0 spiro atoms. The smallest absolute Gasteiger partial charge is 0.254 e. The molecule has 7 heteroatoms. The first kappa shape index (κ1) is 17.0. The van der Waals surface area contributed by atoms with E-state index in [-0.39, 0.29) is 0 Å². The highest BCUT2D eigenvalue weighted by molar-refractivity contribution is 7.89. The molecular weight excluding hydrogens is 354 g/mol. The van der Waals surface area contributed by atoms with Gasteiger partial charge in [-0.1, -0.05) is 12.5 Å². The number of aromatic amines is 1. The summed E-state index contributed by atoms with van der Waals surface area (Å²) in [5.74, 6) is 0.994. The van der Waals surface area contributed by atoms with Crippen LogP contribution >= 0.6 is 11.3 Å². The fraction of sp³-hybridized carbons (Fsp3) is 0.500. The topological polar surface area (TPSA) is 54.8 Å². The van der Waals surface area contributed by atoms with E-state index in [2.05, 4.69) is 27.4 Å². The predicted molar refractivity (Wildman–Crippen MR) is 99.2 cm³/mol. The van der Waals surface area contributed by atoms with Crippen LogP contribution in [0, 0.1) is 0 Å². The van der Waals surface area contributed by atoms with Gasteiger partial charge in [-0.05, 0) is 43.2 Å². The summed E-state index contributed by atoms with van der Waals surface area (Å²) in [7, 11) is -3.37. The highest BCUT2D eigenvalue weighted by Gasteiger charge is 2.34. The van der Waals surface area contributed by atoms with Crippen LogP contribution in [-0.4, -0.2) is 32.4 Å². The largest absolute Gasteiger partial charge is 0.274 e. The van der Waals surface area contributed by atoms with Crippen molar-refractivity contribution in [3.8, 4) is 0 Å². The maximum Gasteiger partial charge on any atom is 0.274 e. The number of piperidine rings is 1. The number of nitrogens with zero attached hydrogens (tertiary/aromatic N) is 2. The van der Waals surface area contributed by atoms with E-state index in [0.717, 1.165) is 44.5 Å². The van der Waals surface area contributed by atoms with E-state index < -0.39 is 10.0 Å². The van der Waals surface area contributed by atoms with Gasteiger partial charge in [0.25, 0.3) is 5.82 Å². The number of thiophene rings is 1. The van der Waals surface area contributed by atoms with E-state index in [0.29, 0.717) is 24.0 Å². The van der Waals surface area contributed by atoms with Crippen molar-refractivity contribution in [3.63, 3.8) is 0 Å². The molecule has 2 aromatic heterocycles. The predicted octanol–water partition coefficient (Wildman–Crippen LogP) is 3.08. The fourth-order valence-electron chi connectivity index (χ4n) is 3.83. The van der Waals surface area contributed by atoms with Crippen LogP contribution in [0.3, 0.4) is 0 Å². The Morgan fingerprint density at radius 1 is 1.04 bits per heavy atom. The maximum atomic E-state index is 12.8. The maximum absolute atomic E-state index is 12.8. The quantitative estimate of drug-likeness (QED) is 0.822. The SMILES string of the molecule is O=S(=O)(c1ccc(N2CCC[C@@H]2c2cccs2)[nH+]c1)N1CCCCC1. The Balaban J connectivity index is 1.55. The molecule has 5 nitrogen and oxygen atoms in total. The Morgan fingerprint density at radius 2 is 1.88 bits per heavy atom. The molecule has 1 atom stereocenters. The molecule has 2 aromatic rings. The zero-order chi connectivity index (χ0) is 17.3. The molecule has 2 aliphatic heterocycles. The first-order valence-electron chi connectivity index (χ1n) is 8.98. The monoisotopic (exact) mass is 378 g/mol. The molecule has 2 saturated heterocycles. The van der Waals surface area contributed by atoms with Crippen LogP contribution in [0.1, 0.15) is 43.0 Å². The third-order valence-electron chi connectivity index (χ3n) is 5.15. The van der Waals surface area contributed by atoms with E-state index in [1.165, 1.54) is 4.88 Å². The number of sulfonamides is 1. The number of nitrogens with one attached hydrogen (secondary N) is 1. The average molecular weight is 379 g/mol. The summed E-state index contributed by atoms with van der Waals surface area (Å²) >= 11 is 1.79. The summed E-state index contributed by atoms with van der Waals surface area (Å²) in [5, 5.41) is 2.11. The second-order valence-electron chi connectivity index (χ2n) is 6.74. The Bertz CT molecular complexity index is 797. The van der Waals surface area contributed by atoms with Crippen molar-refractivity contribution in [2.45, 2.75) is 43.0 Å². The minimum atomic E-state index is -3.37. The van der Waals surface area contributed by atoms with Gasteiger partial charge in [0.1, 0.15) is 17.1 Å². The van der Waals surface area contributed by atoms with Gasteiger partial charge in [-0.3, -0.25) is 4.90 Å². The highest BCUT2D eigenvalue weighted by atomic mass is 32.2. The van der Waals surface area contributed by atoms with E-state index >= 15 is 0 Å². The molecule has 0 amide bonds. The molecule has 4 heterocycles. The fourth-order valence-corrected chi connectivity index (χ4v) is 6.19. The van der Waals surface area contributed by atoms with Crippen LogP contribution in [0.15, 0.2) is 40.7 Å². The van der Waals surface area contributed by atoms with Gasteiger partial charge in [0, 0.05) is 24.0 Å². The number of aromatic nitrogens is 1. The number of H-pyrrole nitrogens is 1. The van der Waals surface area contributed by atoms with Crippen molar-refractivity contribution in [3.05, 3.63) is 40.7 Å². The van der Waals surface area contributed by atoms with Gasteiger partial charge in [-0.2, -0.15) is 4.31 Å².